The summed E-state index contributed by atoms with van der Waals surface area (Å²) in [5, 5.41) is 9.40. The van der Waals surface area contributed by atoms with Crippen molar-refractivity contribution in [2.24, 2.45) is 7.05 Å². The van der Waals surface area contributed by atoms with Gasteiger partial charge in [0.15, 0.2) is 5.75 Å². The summed E-state index contributed by atoms with van der Waals surface area (Å²) in [5.74, 6) is -0.168. The number of aryl methyl sites for hydroxylation is 1. The Hall–Kier alpha value is -4.32. The van der Waals surface area contributed by atoms with Gasteiger partial charge in [-0.25, -0.2) is 19.2 Å². The predicted octanol–water partition coefficient (Wildman–Crippen LogP) is 5.37. The van der Waals surface area contributed by atoms with Crippen molar-refractivity contribution in [1.29, 1.82) is 0 Å². The van der Waals surface area contributed by atoms with Gasteiger partial charge in [-0.05, 0) is 56.3 Å². The van der Waals surface area contributed by atoms with E-state index in [9.17, 15) is 23.1 Å². The van der Waals surface area contributed by atoms with Crippen LogP contribution in [0.25, 0.3) is 11.0 Å². The normalized spacial score (nSPS) is 14.5. The first kappa shape index (κ1) is 28.2. The van der Waals surface area contributed by atoms with Crippen LogP contribution in [-0.2, 0) is 20.2 Å². The molecule has 0 amide bonds. The summed E-state index contributed by atoms with van der Waals surface area (Å²) in [4.78, 5) is 22.9. The van der Waals surface area contributed by atoms with Crippen LogP contribution in [-0.4, -0.2) is 57.3 Å². The number of aromatic carboxylic acids is 1. The van der Waals surface area contributed by atoms with Gasteiger partial charge in [-0.15, -0.1) is 0 Å². The molecule has 12 heteroatoms. The SMILES string of the molecule is COc1cc(F)ccc1COc1cccc(C2CCN(Cc3nc4c(OC(F)F)cc(C(=O)O)cc4n3C)CC2)n1. The highest BCUT2D eigenvalue weighted by molar-refractivity contribution is 5.95. The van der Waals surface area contributed by atoms with Crippen LogP contribution in [0.5, 0.6) is 17.4 Å². The number of carboxylic acids is 1. The van der Waals surface area contributed by atoms with Gasteiger partial charge in [-0.1, -0.05) is 6.07 Å². The van der Waals surface area contributed by atoms with E-state index in [2.05, 4.69) is 14.6 Å². The summed E-state index contributed by atoms with van der Waals surface area (Å²) >= 11 is 0. The number of imidazole rings is 1. The summed E-state index contributed by atoms with van der Waals surface area (Å²) in [6.45, 7) is -0.934. The van der Waals surface area contributed by atoms with Crippen LogP contribution < -0.4 is 14.2 Å². The summed E-state index contributed by atoms with van der Waals surface area (Å²) < 4.78 is 56.9. The number of piperidine rings is 1. The molecule has 41 heavy (non-hydrogen) atoms. The van der Waals surface area contributed by atoms with E-state index < -0.39 is 12.6 Å². The van der Waals surface area contributed by atoms with Gasteiger partial charge < -0.3 is 23.9 Å². The third kappa shape index (κ3) is 6.37. The van der Waals surface area contributed by atoms with Crippen LogP contribution in [0.4, 0.5) is 13.2 Å². The zero-order valence-electron chi connectivity index (χ0n) is 22.5. The Bertz CT molecular complexity index is 1550. The van der Waals surface area contributed by atoms with E-state index in [-0.39, 0.29) is 35.2 Å². The molecule has 0 aliphatic carbocycles. The highest BCUT2D eigenvalue weighted by Crippen LogP contribution is 2.32. The van der Waals surface area contributed by atoms with Gasteiger partial charge >= 0.3 is 12.6 Å². The quantitative estimate of drug-likeness (QED) is 0.272. The van der Waals surface area contributed by atoms with E-state index in [1.54, 1.807) is 23.7 Å². The van der Waals surface area contributed by atoms with E-state index >= 15 is 0 Å². The van der Waals surface area contributed by atoms with Crippen molar-refractivity contribution in [2.45, 2.75) is 38.5 Å². The standard InChI is InChI=1S/C29H29F3N4O5/c1-35-22-12-19(28(37)38)13-24(41-29(31)32)27(22)34-25(35)15-36-10-8-17(9-11-36)21-4-3-5-26(33-21)40-16-18-6-7-20(30)14-23(18)39-2/h3-7,12-14,17,29H,8-11,15-16H2,1-2H3,(H,37,38). The van der Waals surface area contributed by atoms with Gasteiger partial charge in [0.1, 0.15) is 29.5 Å². The van der Waals surface area contributed by atoms with Crippen LogP contribution in [0.15, 0.2) is 48.5 Å². The van der Waals surface area contributed by atoms with Crippen LogP contribution in [0.3, 0.4) is 0 Å². The third-order valence-corrected chi connectivity index (χ3v) is 7.25. The molecule has 1 fully saturated rings. The first-order valence-corrected chi connectivity index (χ1v) is 13.0. The molecular weight excluding hydrogens is 541 g/mol. The predicted molar refractivity (Wildman–Crippen MR) is 143 cm³/mol. The average Bonchev–Trinajstić information content (AvgIpc) is 3.27. The fourth-order valence-electron chi connectivity index (χ4n) is 5.07. The summed E-state index contributed by atoms with van der Waals surface area (Å²) in [6, 6.07) is 12.4. The van der Waals surface area contributed by atoms with E-state index in [1.807, 2.05) is 12.1 Å². The number of alkyl halides is 2. The topological polar surface area (TPSA) is 98.9 Å². The first-order chi connectivity index (χ1) is 19.7. The number of aromatic nitrogens is 3. The van der Waals surface area contributed by atoms with Gasteiger partial charge in [-0.2, -0.15) is 8.78 Å². The van der Waals surface area contributed by atoms with Gasteiger partial charge in [-0.3, -0.25) is 4.90 Å². The number of likely N-dealkylation sites (tertiary alicyclic amines) is 1. The molecule has 0 saturated carbocycles. The van der Waals surface area contributed by atoms with E-state index in [4.69, 9.17) is 14.5 Å². The van der Waals surface area contributed by atoms with E-state index in [1.165, 1.54) is 25.3 Å². The first-order valence-electron chi connectivity index (χ1n) is 13.0. The van der Waals surface area contributed by atoms with Crippen molar-refractivity contribution in [3.8, 4) is 17.4 Å². The molecule has 1 aliphatic rings. The summed E-state index contributed by atoms with van der Waals surface area (Å²) in [6.07, 6.45) is 1.68. The Balaban J connectivity index is 1.23. The minimum atomic E-state index is -3.10. The summed E-state index contributed by atoms with van der Waals surface area (Å²) in [7, 11) is 3.21. The zero-order valence-corrected chi connectivity index (χ0v) is 22.5. The maximum absolute atomic E-state index is 13.5. The fraction of sp³-hybridized carbons (Fsp3) is 0.345. The smallest absolute Gasteiger partial charge is 0.387 e. The molecule has 2 aromatic heterocycles. The molecule has 3 heterocycles. The lowest BCUT2D eigenvalue weighted by Crippen LogP contribution is -2.33. The van der Waals surface area contributed by atoms with Crippen LogP contribution >= 0.6 is 0 Å². The number of carboxylic acid groups (broad SMARTS) is 1. The second-order valence-corrected chi connectivity index (χ2v) is 9.81. The second kappa shape index (κ2) is 12.0. The number of nitrogens with zero attached hydrogens (tertiary/aromatic N) is 4. The lowest BCUT2D eigenvalue weighted by Gasteiger charge is -2.31. The molecular formula is C29H29F3N4O5. The maximum Gasteiger partial charge on any atom is 0.387 e. The number of fused-ring (bicyclic) bond motifs is 1. The minimum Gasteiger partial charge on any atom is -0.496 e. The number of hydrogen-bond donors (Lipinski definition) is 1. The van der Waals surface area contributed by atoms with Crippen molar-refractivity contribution in [3.05, 3.63) is 77.0 Å². The molecule has 216 valence electrons. The Morgan fingerprint density at radius 3 is 2.59 bits per heavy atom. The molecule has 0 spiro atoms. The zero-order chi connectivity index (χ0) is 29.1. The molecule has 0 atom stereocenters. The number of carbonyl (C=O) groups is 1. The molecule has 4 aromatic rings. The van der Waals surface area contributed by atoms with Crippen molar-refractivity contribution >= 4 is 17.0 Å². The van der Waals surface area contributed by atoms with Gasteiger partial charge in [0, 0.05) is 36.4 Å². The number of halogens is 3. The largest absolute Gasteiger partial charge is 0.496 e. The lowest BCUT2D eigenvalue weighted by molar-refractivity contribution is -0.0489. The maximum atomic E-state index is 13.5. The molecule has 0 radical (unpaired) electrons. The molecule has 0 unspecified atom stereocenters. The van der Waals surface area contributed by atoms with Crippen LogP contribution in [0.1, 0.15) is 46.2 Å². The highest BCUT2D eigenvalue weighted by Gasteiger charge is 2.25. The Morgan fingerprint density at radius 2 is 1.88 bits per heavy atom. The number of methoxy groups -OCH3 is 1. The Labute approximate surface area is 234 Å². The molecule has 2 aromatic carbocycles. The second-order valence-electron chi connectivity index (χ2n) is 9.81. The van der Waals surface area contributed by atoms with Crippen LogP contribution in [0, 0.1) is 5.82 Å². The minimum absolute atomic E-state index is 0.154. The molecule has 1 N–H and O–H groups in total. The Morgan fingerprint density at radius 1 is 1.10 bits per heavy atom. The third-order valence-electron chi connectivity index (χ3n) is 7.25. The van der Waals surface area contributed by atoms with Crippen molar-refractivity contribution in [3.63, 3.8) is 0 Å². The lowest BCUT2D eigenvalue weighted by atomic mass is 9.93. The Kier molecular flexibility index (Phi) is 8.29. The van der Waals surface area contributed by atoms with Gasteiger partial charge in [0.2, 0.25) is 5.88 Å². The number of rotatable bonds is 10. The van der Waals surface area contributed by atoms with E-state index in [0.717, 1.165) is 37.7 Å². The number of pyridine rings is 1. The molecule has 0 bridgehead atoms. The number of benzene rings is 2. The monoisotopic (exact) mass is 570 g/mol. The van der Waals surface area contributed by atoms with Gasteiger partial charge in [0.25, 0.3) is 0 Å². The highest BCUT2D eigenvalue weighted by atomic mass is 19.3. The van der Waals surface area contributed by atoms with E-state index in [0.29, 0.717) is 35.1 Å². The molecule has 9 nitrogen and oxygen atoms in total. The molecule has 5 rings (SSSR count). The van der Waals surface area contributed by atoms with Crippen molar-refractivity contribution in [2.75, 3.05) is 20.2 Å². The van der Waals surface area contributed by atoms with Gasteiger partial charge in [0.05, 0.1) is 24.7 Å². The summed E-state index contributed by atoms with van der Waals surface area (Å²) in [5.41, 5.74) is 2.08. The van der Waals surface area contributed by atoms with Crippen LogP contribution in [0.2, 0.25) is 0 Å². The molecule has 1 saturated heterocycles. The average molecular weight is 571 g/mol. The number of ether oxygens (including phenoxy) is 3. The number of hydrogen-bond acceptors (Lipinski definition) is 7. The van der Waals surface area contributed by atoms with Crippen molar-refractivity contribution in [1.82, 2.24) is 19.4 Å². The van der Waals surface area contributed by atoms with Crippen molar-refractivity contribution < 1.29 is 37.3 Å². The fourth-order valence-corrected chi connectivity index (χ4v) is 5.07. The molecule has 1 aliphatic heterocycles.